The molecule has 6 heteroatoms. The van der Waals surface area contributed by atoms with Crippen molar-refractivity contribution < 1.29 is 24.2 Å². The first-order valence-electron chi connectivity index (χ1n) is 4.84. The van der Waals surface area contributed by atoms with Crippen LogP contribution in [0.1, 0.15) is 20.8 Å². The average molecular weight is 225 g/mol. The molecule has 16 heavy (non-hydrogen) atoms. The van der Waals surface area contributed by atoms with Crippen molar-refractivity contribution in [3.63, 3.8) is 0 Å². The number of aromatic amines is 1. The molecular formula is C10H11NO5. The molecule has 1 aliphatic heterocycles. The number of Topliss-reactive ketones (excluding diaryl/α,β-unsaturated/α-hetero) is 1. The van der Waals surface area contributed by atoms with Gasteiger partial charge in [-0.1, -0.05) is 0 Å². The van der Waals surface area contributed by atoms with Crippen LogP contribution < -0.4 is 0 Å². The van der Waals surface area contributed by atoms with Gasteiger partial charge >= 0.3 is 5.97 Å². The molecule has 1 fully saturated rings. The SMILES string of the molecule is O=C(O)c1cc(C(=O)C2COCCO2)c[nH]1. The predicted molar refractivity (Wildman–Crippen MR) is 52.6 cm³/mol. The van der Waals surface area contributed by atoms with E-state index in [0.29, 0.717) is 18.8 Å². The van der Waals surface area contributed by atoms with Gasteiger partial charge < -0.3 is 19.6 Å². The summed E-state index contributed by atoms with van der Waals surface area (Å²) in [5, 5.41) is 8.69. The lowest BCUT2D eigenvalue weighted by atomic mass is 10.1. The Hall–Kier alpha value is -1.66. The fourth-order valence-electron chi connectivity index (χ4n) is 1.49. The van der Waals surface area contributed by atoms with Gasteiger partial charge in [0.2, 0.25) is 0 Å². The second-order valence-electron chi connectivity index (χ2n) is 3.41. The molecule has 0 saturated carbocycles. The molecule has 2 heterocycles. The number of ether oxygens (including phenoxy) is 2. The zero-order valence-electron chi connectivity index (χ0n) is 8.43. The molecule has 1 saturated heterocycles. The number of rotatable bonds is 3. The Balaban J connectivity index is 2.10. The number of nitrogens with one attached hydrogen (secondary N) is 1. The Bertz CT molecular complexity index is 405. The third-order valence-corrected chi connectivity index (χ3v) is 2.31. The van der Waals surface area contributed by atoms with E-state index < -0.39 is 12.1 Å². The Morgan fingerprint density at radius 2 is 2.25 bits per heavy atom. The normalized spacial score (nSPS) is 20.6. The van der Waals surface area contributed by atoms with Crippen molar-refractivity contribution in [3.05, 3.63) is 23.5 Å². The number of carbonyl (C=O) groups is 2. The highest BCUT2D eigenvalue weighted by Crippen LogP contribution is 2.11. The van der Waals surface area contributed by atoms with E-state index in [-0.39, 0.29) is 18.1 Å². The fraction of sp³-hybridized carbons (Fsp3) is 0.400. The summed E-state index contributed by atoms with van der Waals surface area (Å²) in [7, 11) is 0. The summed E-state index contributed by atoms with van der Waals surface area (Å²) in [5.41, 5.74) is 0.285. The van der Waals surface area contributed by atoms with Gasteiger partial charge in [-0.2, -0.15) is 0 Å². The second-order valence-corrected chi connectivity index (χ2v) is 3.41. The zero-order valence-corrected chi connectivity index (χ0v) is 8.43. The minimum Gasteiger partial charge on any atom is -0.477 e. The van der Waals surface area contributed by atoms with E-state index in [1.807, 2.05) is 0 Å². The molecule has 1 aliphatic rings. The first-order valence-corrected chi connectivity index (χ1v) is 4.84. The van der Waals surface area contributed by atoms with Gasteiger partial charge in [-0.05, 0) is 6.07 Å². The average Bonchev–Trinajstić information content (AvgIpc) is 2.78. The lowest BCUT2D eigenvalue weighted by Gasteiger charge is -2.21. The Morgan fingerprint density at radius 3 is 2.81 bits per heavy atom. The van der Waals surface area contributed by atoms with E-state index in [1.165, 1.54) is 12.3 Å². The van der Waals surface area contributed by atoms with Gasteiger partial charge in [-0.3, -0.25) is 4.79 Å². The third-order valence-electron chi connectivity index (χ3n) is 2.31. The number of hydrogen-bond donors (Lipinski definition) is 2. The largest absolute Gasteiger partial charge is 0.477 e. The molecule has 2 rings (SSSR count). The van der Waals surface area contributed by atoms with Crippen LogP contribution in [0.2, 0.25) is 0 Å². The van der Waals surface area contributed by atoms with E-state index in [4.69, 9.17) is 14.6 Å². The van der Waals surface area contributed by atoms with Gasteiger partial charge in [-0.15, -0.1) is 0 Å². The smallest absolute Gasteiger partial charge is 0.352 e. The number of aromatic nitrogens is 1. The number of H-pyrrole nitrogens is 1. The molecule has 1 atom stereocenters. The molecule has 0 aromatic carbocycles. The van der Waals surface area contributed by atoms with E-state index in [9.17, 15) is 9.59 Å². The van der Waals surface area contributed by atoms with Crippen LogP contribution in [0, 0.1) is 0 Å². The minimum atomic E-state index is -1.10. The number of ketones is 1. The van der Waals surface area contributed by atoms with Gasteiger partial charge in [-0.25, -0.2) is 4.79 Å². The van der Waals surface area contributed by atoms with Crippen LogP contribution in [-0.2, 0) is 9.47 Å². The van der Waals surface area contributed by atoms with Gasteiger partial charge in [0.15, 0.2) is 5.78 Å². The van der Waals surface area contributed by atoms with Crippen LogP contribution in [0.5, 0.6) is 0 Å². The van der Waals surface area contributed by atoms with Crippen molar-refractivity contribution in [2.24, 2.45) is 0 Å². The highest BCUT2D eigenvalue weighted by atomic mass is 16.6. The van der Waals surface area contributed by atoms with Gasteiger partial charge in [0.25, 0.3) is 0 Å². The summed E-state index contributed by atoms with van der Waals surface area (Å²) in [4.78, 5) is 24.9. The molecule has 86 valence electrons. The van der Waals surface area contributed by atoms with Crippen molar-refractivity contribution >= 4 is 11.8 Å². The monoisotopic (exact) mass is 225 g/mol. The van der Waals surface area contributed by atoms with Gasteiger partial charge in [0.05, 0.1) is 19.8 Å². The molecule has 0 aliphatic carbocycles. The van der Waals surface area contributed by atoms with Crippen LogP contribution in [-0.4, -0.2) is 47.8 Å². The molecule has 0 amide bonds. The quantitative estimate of drug-likeness (QED) is 0.723. The van der Waals surface area contributed by atoms with E-state index in [2.05, 4.69) is 4.98 Å². The van der Waals surface area contributed by atoms with Crippen molar-refractivity contribution in [1.29, 1.82) is 0 Å². The van der Waals surface area contributed by atoms with Crippen molar-refractivity contribution in [1.82, 2.24) is 4.98 Å². The summed E-state index contributed by atoms with van der Waals surface area (Å²) >= 11 is 0. The summed E-state index contributed by atoms with van der Waals surface area (Å²) < 4.78 is 10.3. The van der Waals surface area contributed by atoms with Crippen LogP contribution in [0.25, 0.3) is 0 Å². The molecular weight excluding hydrogens is 214 g/mol. The first kappa shape index (κ1) is 10.8. The number of carboxylic acid groups (broad SMARTS) is 1. The van der Waals surface area contributed by atoms with E-state index in [0.717, 1.165) is 0 Å². The fourth-order valence-corrected chi connectivity index (χ4v) is 1.49. The highest BCUT2D eigenvalue weighted by Gasteiger charge is 2.25. The Kier molecular flexibility index (Phi) is 3.02. The van der Waals surface area contributed by atoms with Crippen molar-refractivity contribution in [2.45, 2.75) is 6.10 Å². The molecule has 2 N–H and O–H groups in total. The Morgan fingerprint density at radius 1 is 1.44 bits per heavy atom. The molecule has 1 aromatic heterocycles. The van der Waals surface area contributed by atoms with Gasteiger partial charge in [0, 0.05) is 11.8 Å². The summed E-state index contributed by atoms with van der Waals surface area (Å²) in [6, 6.07) is 1.29. The maximum atomic E-state index is 11.8. The standard InChI is InChI=1S/C10H11NO5/c12-9(8-5-15-1-2-16-8)6-3-7(10(13)14)11-4-6/h3-4,8,11H,1-2,5H2,(H,13,14). The summed E-state index contributed by atoms with van der Waals surface area (Å²) in [6.45, 7) is 1.08. The number of hydrogen-bond acceptors (Lipinski definition) is 4. The lowest BCUT2D eigenvalue weighted by molar-refractivity contribution is -0.0719. The molecule has 6 nitrogen and oxygen atoms in total. The molecule has 0 spiro atoms. The minimum absolute atomic E-state index is 0.0138. The molecule has 1 aromatic rings. The number of aromatic carboxylic acids is 1. The molecule has 0 radical (unpaired) electrons. The van der Waals surface area contributed by atoms with E-state index >= 15 is 0 Å². The zero-order chi connectivity index (χ0) is 11.5. The number of carboxylic acids is 1. The van der Waals surface area contributed by atoms with Crippen LogP contribution in [0.3, 0.4) is 0 Å². The Labute approximate surface area is 91.2 Å². The van der Waals surface area contributed by atoms with Crippen LogP contribution >= 0.6 is 0 Å². The van der Waals surface area contributed by atoms with Crippen LogP contribution in [0.4, 0.5) is 0 Å². The topological polar surface area (TPSA) is 88.6 Å². The van der Waals surface area contributed by atoms with Gasteiger partial charge in [0.1, 0.15) is 11.8 Å². The molecule has 1 unspecified atom stereocenters. The predicted octanol–water partition coefficient (Wildman–Crippen LogP) is 0.311. The maximum absolute atomic E-state index is 11.8. The highest BCUT2D eigenvalue weighted by molar-refractivity contribution is 6.01. The van der Waals surface area contributed by atoms with Crippen molar-refractivity contribution in [2.75, 3.05) is 19.8 Å². The summed E-state index contributed by atoms with van der Waals surface area (Å²) in [5.74, 6) is -1.36. The lowest BCUT2D eigenvalue weighted by Crippen LogP contribution is -2.35. The third kappa shape index (κ3) is 2.12. The van der Waals surface area contributed by atoms with Crippen LogP contribution in [0.15, 0.2) is 12.3 Å². The first-order chi connectivity index (χ1) is 7.68. The second kappa shape index (κ2) is 4.46. The van der Waals surface area contributed by atoms with Crippen molar-refractivity contribution in [3.8, 4) is 0 Å². The van der Waals surface area contributed by atoms with E-state index in [1.54, 1.807) is 0 Å². The maximum Gasteiger partial charge on any atom is 0.352 e. The molecule has 0 bridgehead atoms. The number of carbonyl (C=O) groups excluding carboxylic acids is 1. The summed E-state index contributed by atoms with van der Waals surface area (Å²) in [6.07, 6.45) is 0.732.